The Balaban J connectivity index is 0.00000300. The monoisotopic (exact) mass is 511 g/mol. The Morgan fingerprint density at radius 3 is 2.79 bits per heavy atom. The number of fused-ring (bicyclic) bond motifs is 1. The molecule has 0 saturated carbocycles. The van der Waals surface area contributed by atoms with Crippen molar-refractivity contribution < 1.29 is 14.6 Å². The van der Waals surface area contributed by atoms with Gasteiger partial charge in [-0.2, -0.15) is 0 Å². The van der Waals surface area contributed by atoms with Crippen LogP contribution in [0.25, 0.3) is 0 Å². The lowest BCUT2D eigenvalue weighted by molar-refractivity contribution is 0.357. The topological polar surface area (TPSA) is 75.1 Å². The highest BCUT2D eigenvalue weighted by Gasteiger charge is 2.11. The predicted molar refractivity (Wildman–Crippen MR) is 127 cm³/mol. The molecule has 1 aliphatic rings. The van der Waals surface area contributed by atoms with Crippen LogP contribution in [-0.2, 0) is 19.3 Å². The van der Waals surface area contributed by atoms with Gasteiger partial charge in [0.1, 0.15) is 17.2 Å². The van der Waals surface area contributed by atoms with Gasteiger partial charge in [0.25, 0.3) is 0 Å². The van der Waals surface area contributed by atoms with E-state index in [1.165, 1.54) is 11.1 Å². The summed E-state index contributed by atoms with van der Waals surface area (Å²) >= 11 is 0. The fourth-order valence-electron chi connectivity index (χ4n) is 3.23. The summed E-state index contributed by atoms with van der Waals surface area (Å²) in [7, 11) is 1.59. The summed E-state index contributed by atoms with van der Waals surface area (Å²) in [6.45, 7) is 5.03. The second kappa shape index (κ2) is 11.7. The number of ether oxygens (including phenoxy) is 2. The maximum Gasteiger partial charge on any atom is 0.191 e. The number of rotatable bonds is 8. The molecule has 1 heterocycles. The van der Waals surface area contributed by atoms with Crippen LogP contribution in [0, 0.1) is 0 Å². The van der Waals surface area contributed by atoms with Crippen molar-refractivity contribution in [1.29, 1.82) is 0 Å². The van der Waals surface area contributed by atoms with Gasteiger partial charge >= 0.3 is 0 Å². The molecule has 1 aliphatic heterocycles. The van der Waals surface area contributed by atoms with Gasteiger partial charge < -0.3 is 25.2 Å². The van der Waals surface area contributed by atoms with E-state index < -0.39 is 0 Å². The van der Waals surface area contributed by atoms with E-state index in [0.717, 1.165) is 49.8 Å². The number of aliphatic imine (C=N–C) groups is 1. The van der Waals surface area contributed by atoms with Gasteiger partial charge in [0.05, 0.1) is 13.7 Å². The first-order valence-corrected chi connectivity index (χ1v) is 9.82. The molecule has 7 heteroatoms. The van der Waals surface area contributed by atoms with Crippen LogP contribution < -0.4 is 20.1 Å². The van der Waals surface area contributed by atoms with Crippen LogP contribution in [0.4, 0.5) is 0 Å². The first kappa shape index (κ1) is 23.1. The third kappa shape index (κ3) is 6.69. The van der Waals surface area contributed by atoms with Gasteiger partial charge in [-0.1, -0.05) is 18.2 Å². The zero-order valence-corrected chi connectivity index (χ0v) is 19.4. The SMILES string of the molecule is CCNC(=NCCc1ccc(OC)cc1O)NCCc1ccc2c(c1)CCO2.I. The highest BCUT2D eigenvalue weighted by molar-refractivity contribution is 14.0. The molecule has 2 aromatic carbocycles. The van der Waals surface area contributed by atoms with Crippen molar-refractivity contribution in [3.8, 4) is 17.2 Å². The Bertz CT molecular complexity index is 827. The zero-order valence-electron chi connectivity index (χ0n) is 17.0. The van der Waals surface area contributed by atoms with Crippen molar-refractivity contribution in [2.24, 2.45) is 4.99 Å². The van der Waals surface area contributed by atoms with E-state index >= 15 is 0 Å². The Labute approximate surface area is 189 Å². The van der Waals surface area contributed by atoms with Gasteiger partial charge in [-0.05, 0) is 48.6 Å². The summed E-state index contributed by atoms with van der Waals surface area (Å²) in [6, 6.07) is 11.8. The molecule has 2 aromatic rings. The van der Waals surface area contributed by atoms with Crippen molar-refractivity contribution in [3.63, 3.8) is 0 Å². The Hall–Kier alpha value is -2.16. The molecule has 29 heavy (non-hydrogen) atoms. The third-order valence-electron chi connectivity index (χ3n) is 4.75. The number of halogens is 1. The minimum absolute atomic E-state index is 0. The number of nitrogens with one attached hydrogen (secondary N) is 2. The number of aromatic hydroxyl groups is 1. The average molecular weight is 511 g/mol. The molecule has 0 radical (unpaired) electrons. The van der Waals surface area contributed by atoms with E-state index in [9.17, 15) is 5.11 Å². The minimum Gasteiger partial charge on any atom is -0.508 e. The lowest BCUT2D eigenvalue weighted by Gasteiger charge is -2.12. The highest BCUT2D eigenvalue weighted by atomic mass is 127. The summed E-state index contributed by atoms with van der Waals surface area (Å²) in [6.07, 6.45) is 2.59. The number of methoxy groups -OCH3 is 1. The van der Waals surface area contributed by atoms with Crippen LogP contribution in [0.2, 0.25) is 0 Å². The number of phenolic OH excluding ortho intramolecular Hbond substituents is 1. The molecule has 0 fully saturated rings. The van der Waals surface area contributed by atoms with Crippen LogP contribution in [-0.4, -0.2) is 44.4 Å². The molecule has 0 spiro atoms. The van der Waals surface area contributed by atoms with Crippen LogP contribution in [0.15, 0.2) is 41.4 Å². The number of hydrogen-bond acceptors (Lipinski definition) is 4. The smallest absolute Gasteiger partial charge is 0.191 e. The third-order valence-corrected chi connectivity index (χ3v) is 4.75. The van der Waals surface area contributed by atoms with Crippen molar-refractivity contribution in [1.82, 2.24) is 10.6 Å². The van der Waals surface area contributed by atoms with Gasteiger partial charge in [-0.3, -0.25) is 4.99 Å². The van der Waals surface area contributed by atoms with Gasteiger partial charge in [0, 0.05) is 32.1 Å². The number of nitrogens with zero attached hydrogens (tertiary/aromatic N) is 1. The predicted octanol–water partition coefficient (Wildman–Crippen LogP) is 3.29. The lowest BCUT2D eigenvalue weighted by atomic mass is 10.1. The Morgan fingerprint density at radius 1 is 1.17 bits per heavy atom. The fourth-order valence-corrected chi connectivity index (χ4v) is 3.23. The van der Waals surface area contributed by atoms with Crippen molar-refractivity contribution in [3.05, 3.63) is 53.1 Å². The Morgan fingerprint density at radius 2 is 2.03 bits per heavy atom. The molecule has 0 bridgehead atoms. The molecule has 0 saturated heterocycles. The van der Waals surface area contributed by atoms with E-state index in [1.807, 2.05) is 19.1 Å². The first-order chi connectivity index (χ1) is 13.7. The summed E-state index contributed by atoms with van der Waals surface area (Å²) in [5, 5.41) is 16.7. The van der Waals surface area contributed by atoms with E-state index in [2.05, 4.69) is 33.8 Å². The summed E-state index contributed by atoms with van der Waals surface area (Å²) in [5.41, 5.74) is 3.47. The number of benzene rings is 2. The standard InChI is InChI=1S/C22H29N3O3.HI/c1-3-23-22(25-12-9-17-5-6-19(27-2)15-20(17)26)24-11-8-16-4-7-21-18(14-16)10-13-28-21;/h4-7,14-15,26H,3,8-13H2,1-2H3,(H2,23,24,25);1H. The number of phenols is 1. The average Bonchev–Trinajstić information content (AvgIpc) is 3.17. The van der Waals surface area contributed by atoms with E-state index in [4.69, 9.17) is 9.47 Å². The molecule has 3 N–H and O–H groups in total. The molecule has 0 unspecified atom stereocenters. The summed E-state index contributed by atoms with van der Waals surface area (Å²) in [5.74, 6) is 2.71. The second-order valence-electron chi connectivity index (χ2n) is 6.72. The van der Waals surface area contributed by atoms with E-state index in [1.54, 1.807) is 13.2 Å². The second-order valence-corrected chi connectivity index (χ2v) is 6.72. The maximum atomic E-state index is 10.1. The zero-order chi connectivity index (χ0) is 19.8. The molecule has 0 aliphatic carbocycles. The molecule has 3 rings (SSSR count). The van der Waals surface area contributed by atoms with Crippen molar-refractivity contribution in [2.45, 2.75) is 26.2 Å². The maximum absolute atomic E-state index is 10.1. The van der Waals surface area contributed by atoms with Gasteiger partial charge in [0.15, 0.2) is 5.96 Å². The highest BCUT2D eigenvalue weighted by Crippen LogP contribution is 2.26. The molecular formula is C22H30IN3O3. The molecule has 0 amide bonds. The van der Waals surface area contributed by atoms with Crippen molar-refractivity contribution >= 4 is 29.9 Å². The normalized spacial score (nSPS) is 12.6. The van der Waals surface area contributed by atoms with Crippen LogP contribution >= 0.6 is 24.0 Å². The molecule has 6 nitrogen and oxygen atoms in total. The van der Waals surface area contributed by atoms with E-state index in [0.29, 0.717) is 18.7 Å². The van der Waals surface area contributed by atoms with Crippen LogP contribution in [0.3, 0.4) is 0 Å². The number of guanidine groups is 1. The summed E-state index contributed by atoms with van der Waals surface area (Å²) < 4.78 is 10.7. The molecule has 0 aromatic heterocycles. The van der Waals surface area contributed by atoms with Gasteiger partial charge in [0.2, 0.25) is 0 Å². The first-order valence-electron chi connectivity index (χ1n) is 9.82. The largest absolute Gasteiger partial charge is 0.508 e. The van der Waals surface area contributed by atoms with Gasteiger partial charge in [-0.15, -0.1) is 24.0 Å². The summed E-state index contributed by atoms with van der Waals surface area (Å²) in [4.78, 5) is 4.61. The number of hydrogen-bond donors (Lipinski definition) is 3. The van der Waals surface area contributed by atoms with E-state index in [-0.39, 0.29) is 29.7 Å². The fraction of sp³-hybridized carbons (Fsp3) is 0.409. The van der Waals surface area contributed by atoms with Gasteiger partial charge in [-0.25, -0.2) is 0 Å². The molecular weight excluding hydrogens is 481 g/mol. The molecule has 0 atom stereocenters. The minimum atomic E-state index is 0. The lowest BCUT2D eigenvalue weighted by Crippen LogP contribution is -2.38. The Kier molecular flexibility index (Phi) is 9.37. The van der Waals surface area contributed by atoms with Crippen LogP contribution in [0.5, 0.6) is 17.2 Å². The van der Waals surface area contributed by atoms with Crippen molar-refractivity contribution in [2.75, 3.05) is 33.4 Å². The quantitative estimate of drug-likeness (QED) is 0.288. The van der Waals surface area contributed by atoms with Crippen LogP contribution in [0.1, 0.15) is 23.6 Å². The molecule has 158 valence electrons.